The molecule has 0 aromatic rings. The van der Waals surface area contributed by atoms with Crippen LogP contribution in [0.5, 0.6) is 0 Å². The molecule has 6 heteroatoms. The summed E-state index contributed by atoms with van der Waals surface area (Å²) < 4.78 is 3.47. The van der Waals surface area contributed by atoms with Crippen LogP contribution in [-0.4, -0.2) is 40.8 Å². The molecule has 3 nitrogen and oxygen atoms in total. The molecule has 1 fully saturated rings. The van der Waals surface area contributed by atoms with Gasteiger partial charge < -0.3 is 9.64 Å². The van der Waals surface area contributed by atoms with Gasteiger partial charge >= 0.3 is 0 Å². The normalized spacial score (nSPS) is 25.9. The molecule has 96 valence electrons. The van der Waals surface area contributed by atoms with Crippen LogP contribution in [0.2, 0.25) is 0 Å². The Labute approximate surface area is 116 Å². The zero-order chi connectivity index (χ0) is 12.5. The van der Waals surface area contributed by atoms with Gasteiger partial charge in [0.2, 0.25) is 3.79 Å². The van der Waals surface area contributed by atoms with Crippen molar-refractivity contribution in [3.63, 3.8) is 0 Å². The fraction of sp³-hybridized carbons (Fsp3) is 0.727. The monoisotopic (exact) mass is 297 g/mol. The van der Waals surface area contributed by atoms with E-state index >= 15 is 0 Å². The van der Waals surface area contributed by atoms with Crippen LogP contribution in [0.25, 0.3) is 0 Å². The minimum absolute atomic E-state index is 0.277. The lowest BCUT2D eigenvalue weighted by molar-refractivity contribution is -0.121. The average Bonchev–Trinajstić information content (AvgIpc) is 2.76. The maximum atomic E-state index is 12.0. The third-order valence-corrected chi connectivity index (χ3v) is 3.70. The fourth-order valence-electron chi connectivity index (χ4n) is 2.32. The lowest BCUT2D eigenvalue weighted by atomic mass is 10.0. The van der Waals surface area contributed by atoms with Gasteiger partial charge in [0.05, 0.1) is 19.1 Å². The number of Topliss-reactive ketones (excluding diaryl/α,β-unsaturated/α-hetero) is 1. The highest BCUT2D eigenvalue weighted by atomic mass is 35.6. The Morgan fingerprint density at radius 2 is 2.00 bits per heavy atom. The molecule has 1 saturated heterocycles. The van der Waals surface area contributed by atoms with Gasteiger partial charge in [-0.05, 0) is 12.8 Å². The van der Waals surface area contributed by atoms with Crippen molar-refractivity contribution in [1.29, 1.82) is 0 Å². The second-order valence-corrected chi connectivity index (χ2v) is 6.50. The number of alkyl halides is 3. The van der Waals surface area contributed by atoms with E-state index in [0.717, 1.165) is 31.6 Å². The molecule has 2 rings (SSSR count). The largest absolute Gasteiger partial charge is 0.378 e. The summed E-state index contributed by atoms with van der Waals surface area (Å²) in [6.07, 6.45) is 3.67. The molecule has 0 spiro atoms. The number of ketones is 1. The van der Waals surface area contributed by atoms with Crippen molar-refractivity contribution in [2.45, 2.75) is 16.6 Å². The molecule has 0 amide bonds. The summed E-state index contributed by atoms with van der Waals surface area (Å²) >= 11 is 17.0. The van der Waals surface area contributed by atoms with E-state index < -0.39 is 3.79 Å². The number of morpholine rings is 1. The molecule has 0 radical (unpaired) electrons. The summed E-state index contributed by atoms with van der Waals surface area (Å²) in [5.74, 6) is -0.599. The second-order valence-electron chi connectivity index (χ2n) is 4.22. The highest BCUT2D eigenvalue weighted by Crippen LogP contribution is 2.38. The Morgan fingerprint density at radius 1 is 1.35 bits per heavy atom. The smallest absolute Gasteiger partial charge is 0.249 e. The molecule has 1 heterocycles. The van der Waals surface area contributed by atoms with E-state index in [9.17, 15) is 4.79 Å². The number of ether oxygens (including phenoxy) is 1. The first-order chi connectivity index (χ1) is 8.00. The molecule has 17 heavy (non-hydrogen) atoms. The van der Waals surface area contributed by atoms with Gasteiger partial charge in [-0.25, -0.2) is 0 Å². The predicted octanol–water partition coefficient (Wildman–Crippen LogP) is 2.55. The van der Waals surface area contributed by atoms with Gasteiger partial charge in [0, 0.05) is 18.8 Å². The van der Waals surface area contributed by atoms with Crippen LogP contribution in [0.1, 0.15) is 12.8 Å². The number of carbonyl (C=O) groups excluding carboxylic acids is 1. The van der Waals surface area contributed by atoms with Gasteiger partial charge in [0.15, 0.2) is 5.78 Å². The minimum Gasteiger partial charge on any atom is -0.378 e. The van der Waals surface area contributed by atoms with Crippen LogP contribution >= 0.6 is 34.8 Å². The molecule has 2 aliphatic rings. The molecule has 0 bridgehead atoms. The zero-order valence-corrected chi connectivity index (χ0v) is 11.6. The van der Waals surface area contributed by atoms with E-state index in [4.69, 9.17) is 39.5 Å². The summed E-state index contributed by atoms with van der Waals surface area (Å²) in [4.78, 5) is 14.2. The van der Waals surface area contributed by atoms with Crippen LogP contribution in [-0.2, 0) is 9.53 Å². The summed E-state index contributed by atoms with van der Waals surface area (Å²) in [7, 11) is 0. The van der Waals surface area contributed by atoms with Crippen LogP contribution in [0.3, 0.4) is 0 Å². The Kier molecular flexibility index (Phi) is 4.24. The lowest BCUT2D eigenvalue weighted by Gasteiger charge is -2.33. The molecule has 1 atom stereocenters. The number of halogens is 3. The molecule has 1 aliphatic heterocycles. The van der Waals surface area contributed by atoms with Crippen molar-refractivity contribution in [2.75, 3.05) is 26.3 Å². The number of rotatable bonds is 2. The molecular weight excluding hydrogens is 284 g/mol. The SMILES string of the molecule is O=C(C1CCC=C1N1CCOCC1)C(Cl)(Cl)Cl. The van der Waals surface area contributed by atoms with Crippen molar-refractivity contribution < 1.29 is 9.53 Å². The lowest BCUT2D eigenvalue weighted by Crippen LogP contribution is -2.40. The number of nitrogens with zero attached hydrogens (tertiary/aromatic N) is 1. The third kappa shape index (κ3) is 3.08. The van der Waals surface area contributed by atoms with Crippen LogP contribution in [0.15, 0.2) is 11.8 Å². The molecule has 0 aromatic heterocycles. The molecule has 0 aromatic carbocycles. The average molecular weight is 299 g/mol. The quantitative estimate of drug-likeness (QED) is 0.734. The van der Waals surface area contributed by atoms with Gasteiger partial charge in [0.25, 0.3) is 0 Å². The van der Waals surface area contributed by atoms with E-state index in [1.54, 1.807) is 0 Å². The number of hydrogen-bond donors (Lipinski definition) is 0. The Hall–Kier alpha value is 0.0400. The van der Waals surface area contributed by atoms with Gasteiger partial charge in [-0.15, -0.1) is 0 Å². The van der Waals surface area contributed by atoms with E-state index in [1.807, 2.05) is 0 Å². The third-order valence-electron chi connectivity index (χ3n) is 3.14. The Balaban J connectivity index is 2.09. The minimum atomic E-state index is -1.82. The van der Waals surface area contributed by atoms with Crippen molar-refractivity contribution in [2.24, 2.45) is 5.92 Å². The van der Waals surface area contributed by atoms with E-state index in [1.165, 1.54) is 0 Å². The first-order valence-electron chi connectivity index (χ1n) is 5.64. The van der Waals surface area contributed by atoms with Crippen molar-refractivity contribution >= 4 is 40.6 Å². The predicted molar refractivity (Wildman–Crippen MR) is 68.5 cm³/mol. The van der Waals surface area contributed by atoms with Crippen molar-refractivity contribution in [3.8, 4) is 0 Å². The van der Waals surface area contributed by atoms with Gasteiger partial charge in [-0.2, -0.15) is 0 Å². The number of allylic oxidation sites excluding steroid dienone is 2. The molecule has 1 unspecified atom stereocenters. The van der Waals surface area contributed by atoms with Gasteiger partial charge in [-0.3, -0.25) is 4.79 Å². The summed E-state index contributed by atoms with van der Waals surface area (Å²) in [6, 6.07) is 0. The summed E-state index contributed by atoms with van der Waals surface area (Å²) in [5, 5.41) is 0. The Morgan fingerprint density at radius 3 is 2.59 bits per heavy atom. The van der Waals surface area contributed by atoms with Crippen LogP contribution in [0.4, 0.5) is 0 Å². The number of hydrogen-bond acceptors (Lipinski definition) is 3. The first-order valence-corrected chi connectivity index (χ1v) is 6.77. The topological polar surface area (TPSA) is 29.5 Å². The summed E-state index contributed by atoms with van der Waals surface area (Å²) in [6.45, 7) is 2.98. The Bertz CT molecular complexity index is 332. The fourth-order valence-corrected chi connectivity index (χ4v) is 2.72. The van der Waals surface area contributed by atoms with Gasteiger partial charge in [-0.1, -0.05) is 40.9 Å². The van der Waals surface area contributed by atoms with Crippen molar-refractivity contribution in [1.82, 2.24) is 4.90 Å². The second kappa shape index (κ2) is 5.35. The van der Waals surface area contributed by atoms with E-state index in [2.05, 4.69) is 11.0 Å². The standard InChI is InChI=1S/C11H14Cl3NO2/c12-11(13,14)10(16)8-2-1-3-9(8)15-4-6-17-7-5-15/h3,8H,1-2,4-7H2. The highest BCUT2D eigenvalue weighted by Gasteiger charge is 2.41. The first kappa shape index (κ1) is 13.5. The molecule has 0 saturated carbocycles. The van der Waals surface area contributed by atoms with Crippen molar-refractivity contribution in [3.05, 3.63) is 11.8 Å². The molecule has 0 N–H and O–H groups in total. The maximum Gasteiger partial charge on any atom is 0.249 e. The van der Waals surface area contributed by atoms with Gasteiger partial charge in [0.1, 0.15) is 0 Å². The van der Waals surface area contributed by atoms with E-state index in [-0.39, 0.29) is 11.7 Å². The maximum absolute atomic E-state index is 12.0. The zero-order valence-electron chi connectivity index (χ0n) is 9.29. The summed E-state index contributed by atoms with van der Waals surface area (Å²) in [5.41, 5.74) is 1.00. The van der Waals surface area contributed by atoms with E-state index in [0.29, 0.717) is 13.2 Å². The number of carbonyl (C=O) groups is 1. The van der Waals surface area contributed by atoms with Crippen LogP contribution < -0.4 is 0 Å². The molecular formula is C11H14Cl3NO2. The highest BCUT2D eigenvalue weighted by molar-refractivity contribution is 6.76. The molecule has 1 aliphatic carbocycles. The van der Waals surface area contributed by atoms with Crippen LogP contribution in [0, 0.1) is 5.92 Å².